The van der Waals surface area contributed by atoms with Crippen molar-refractivity contribution in [2.24, 2.45) is 5.92 Å². The van der Waals surface area contributed by atoms with Crippen LogP contribution in [-0.2, 0) is 9.53 Å². The van der Waals surface area contributed by atoms with E-state index < -0.39 is 0 Å². The van der Waals surface area contributed by atoms with Gasteiger partial charge >= 0.3 is 0 Å². The summed E-state index contributed by atoms with van der Waals surface area (Å²) < 4.78 is 5.91. The van der Waals surface area contributed by atoms with Gasteiger partial charge in [-0.05, 0) is 38.5 Å². The van der Waals surface area contributed by atoms with Gasteiger partial charge in [0.05, 0.1) is 30.5 Å². The smallest absolute Gasteiger partial charge is 0.241 e. The monoisotopic (exact) mass is 252 g/mol. The van der Waals surface area contributed by atoms with Crippen LogP contribution < -0.4 is 5.32 Å². The molecule has 5 atom stereocenters. The summed E-state index contributed by atoms with van der Waals surface area (Å²) >= 11 is 0. The third-order valence-electron chi connectivity index (χ3n) is 4.53. The first kappa shape index (κ1) is 12.4. The number of ether oxygens (including phenoxy) is 1. The van der Waals surface area contributed by atoms with Crippen LogP contribution in [-0.4, -0.2) is 41.3 Å². The summed E-state index contributed by atoms with van der Waals surface area (Å²) in [6.07, 6.45) is 5.29. The van der Waals surface area contributed by atoms with Crippen LogP contribution >= 0.6 is 0 Å². The molecular formula is C14H24N2O2. The molecule has 3 heterocycles. The topological polar surface area (TPSA) is 41.6 Å². The molecule has 0 aromatic carbocycles. The van der Waals surface area contributed by atoms with Gasteiger partial charge < -0.3 is 9.64 Å². The van der Waals surface area contributed by atoms with E-state index in [-0.39, 0.29) is 18.1 Å². The molecule has 0 aliphatic carbocycles. The van der Waals surface area contributed by atoms with Crippen LogP contribution in [0, 0.1) is 5.92 Å². The minimum atomic E-state index is -0.0344. The molecule has 3 rings (SSSR count). The van der Waals surface area contributed by atoms with Crippen molar-refractivity contribution < 1.29 is 9.53 Å². The predicted molar refractivity (Wildman–Crippen MR) is 69.0 cm³/mol. The Morgan fingerprint density at radius 1 is 1.44 bits per heavy atom. The highest BCUT2D eigenvalue weighted by atomic mass is 16.5. The molecule has 1 amide bonds. The molecule has 3 aliphatic heterocycles. The lowest BCUT2D eigenvalue weighted by atomic mass is 9.93. The lowest BCUT2D eigenvalue weighted by Crippen LogP contribution is -2.49. The molecule has 2 bridgehead atoms. The van der Waals surface area contributed by atoms with E-state index >= 15 is 0 Å². The highest BCUT2D eigenvalue weighted by Gasteiger charge is 2.50. The number of nitrogens with zero attached hydrogens (tertiary/aromatic N) is 1. The SMILES string of the molecule is CC(C)CC1NC(C)C(=O)N1C1CC2CCC1O2. The lowest BCUT2D eigenvalue weighted by Gasteiger charge is -2.34. The number of hydrogen-bond acceptors (Lipinski definition) is 3. The molecule has 5 unspecified atom stereocenters. The largest absolute Gasteiger partial charge is 0.373 e. The van der Waals surface area contributed by atoms with Crippen LogP contribution in [0.1, 0.15) is 46.5 Å². The van der Waals surface area contributed by atoms with E-state index in [1.165, 1.54) is 6.42 Å². The summed E-state index contributed by atoms with van der Waals surface area (Å²) in [4.78, 5) is 14.5. The first-order valence-electron chi connectivity index (χ1n) is 7.30. The van der Waals surface area contributed by atoms with E-state index in [0.717, 1.165) is 19.3 Å². The van der Waals surface area contributed by atoms with Gasteiger partial charge in [-0.25, -0.2) is 0 Å². The molecule has 3 aliphatic rings. The van der Waals surface area contributed by atoms with Crippen LogP contribution in [0.5, 0.6) is 0 Å². The maximum Gasteiger partial charge on any atom is 0.241 e. The van der Waals surface area contributed by atoms with Crippen molar-refractivity contribution in [1.82, 2.24) is 10.2 Å². The van der Waals surface area contributed by atoms with Crippen LogP contribution in [0.15, 0.2) is 0 Å². The Labute approximate surface area is 109 Å². The molecule has 18 heavy (non-hydrogen) atoms. The van der Waals surface area contributed by atoms with Gasteiger partial charge in [0.15, 0.2) is 0 Å². The predicted octanol–water partition coefficient (Wildman–Crippen LogP) is 1.50. The maximum atomic E-state index is 12.4. The van der Waals surface area contributed by atoms with Gasteiger partial charge in [-0.2, -0.15) is 0 Å². The number of fused-ring (bicyclic) bond motifs is 2. The van der Waals surface area contributed by atoms with Crippen molar-refractivity contribution in [3.63, 3.8) is 0 Å². The molecule has 3 saturated heterocycles. The summed E-state index contributed by atoms with van der Waals surface area (Å²) in [5, 5.41) is 3.44. The number of nitrogens with one attached hydrogen (secondary N) is 1. The van der Waals surface area contributed by atoms with Gasteiger partial charge in [0.1, 0.15) is 0 Å². The molecule has 0 saturated carbocycles. The molecule has 0 aromatic heterocycles. The third-order valence-corrected chi connectivity index (χ3v) is 4.53. The molecule has 0 aromatic rings. The van der Waals surface area contributed by atoms with E-state index in [1.54, 1.807) is 0 Å². The fourth-order valence-corrected chi connectivity index (χ4v) is 3.74. The molecule has 1 N–H and O–H groups in total. The van der Waals surface area contributed by atoms with Crippen LogP contribution in [0.4, 0.5) is 0 Å². The Balaban J connectivity index is 1.76. The molecule has 3 fully saturated rings. The first-order valence-corrected chi connectivity index (χ1v) is 7.30. The van der Waals surface area contributed by atoms with Gasteiger partial charge in [-0.15, -0.1) is 0 Å². The second-order valence-corrected chi connectivity index (χ2v) is 6.46. The van der Waals surface area contributed by atoms with Crippen molar-refractivity contribution in [3.05, 3.63) is 0 Å². The first-order chi connectivity index (χ1) is 8.56. The normalized spacial score (nSPS) is 43.4. The number of rotatable bonds is 3. The van der Waals surface area contributed by atoms with E-state index in [4.69, 9.17) is 4.74 Å². The standard InChI is InChI=1S/C14H24N2O2/c1-8(2)6-13-15-9(3)14(17)16(13)11-7-10-4-5-12(11)18-10/h8-13,15H,4-7H2,1-3H3. The van der Waals surface area contributed by atoms with E-state index in [9.17, 15) is 4.79 Å². The Bertz CT molecular complexity index is 345. The minimum Gasteiger partial charge on any atom is -0.373 e. The average molecular weight is 252 g/mol. The minimum absolute atomic E-state index is 0.0344. The average Bonchev–Trinajstić information content (AvgIpc) is 2.95. The molecule has 0 radical (unpaired) electrons. The molecule has 4 heteroatoms. The fraction of sp³-hybridized carbons (Fsp3) is 0.929. The van der Waals surface area contributed by atoms with E-state index in [2.05, 4.69) is 24.1 Å². The quantitative estimate of drug-likeness (QED) is 0.827. The van der Waals surface area contributed by atoms with Gasteiger partial charge in [-0.1, -0.05) is 13.8 Å². The van der Waals surface area contributed by atoms with Gasteiger partial charge in [0.2, 0.25) is 5.91 Å². The zero-order valence-electron chi connectivity index (χ0n) is 11.6. The summed E-state index contributed by atoms with van der Waals surface area (Å²) in [6.45, 7) is 6.40. The van der Waals surface area contributed by atoms with Crippen LogP contribution in [0.3, 0.4) is 0 Å². The van der Waals surface area contributed by atoms with E-state index in [0.29, 0.717) is 24.2 Å². The van der Waals surface area contributed by atoms with Crippen molar-refractivity contribution in [2.45, 2.75) is 76.9 Å². The zero-order chi connectivity index (χ0) is 12.9. The second-order valence-electron chi connectivity index (χ2n) is 6.46. The third kappa shape index (κ3) is 1.95. The number of carbonyl (C=O) groups excluding carboxylic acids is 1. The number of carbonyl (C=O) groups is 1. The summed E-state index contributed by atoms with van der Waals surface area (Å²) in [7, 11) is 0. The van der Waals surface area contributed by atoms with Gasteiger partial charge in [0.25, 0.3) is 0 Å². The van der Waals surface area contributed by atoms with Gasteiger partial charge in [-0.3, -0.25) is 10.1 Å². The molecule has 4 nitrogen and oxygen atoms in total. The fourth-order valence-electron chi connectivity index (χ4n) is 3.74. The molecular weight excluding hydrogens is 228 g/mol. The summed E-state index contributed by atoms with van der Waals surface area (Å²) in [6, 6.07) is 0.283. The summed E-state index contributed by atoms with van der Waals surface area (Å²) in [5.41, 5.74) is 0. The molecule has 0 spiro atoms. The van der Waals surface area contributed by atoms with Crippen molar-refractivity contribution in [1.29, 1.82) is 0 Å². The Morgan fingerprint density at radius 2 is 2.22 bits per heavy atom. The van der Waals surface area contributed by atoms with Gasteiger partial charge in [0, 0.05) is 0 Å². The van der Waals surface area contributed by atoms with Crippen LogP contribution in [0.2, 0.25) is 0 Å². The van der Waals surface area contributed by atoms with Crippen molar-refractivity contribution in [2.75, 3.05) is 0 Å². The van der Waals surface area contributed by atoms with Crippen LogP contribution in [0.25, 0.3) is 0 Å². The summed E-state index contributed by atoms with van der Waals surface area (Å²) in [5.74, 6) is 0.865. The Hall–Kier alpha value is -0.610. The zero-order valence-corrected chi connectivity index (χ0v) is 11.6. The van der Waals surface area contributed by atoms with E-state index in [1.807, 2.05) is 6.92 Å². The number of hydrogen-bond donors (Lipinski definition) is 1. The maximum absolute atomic E-state index is 12.4. The Morgan fingerprint density at radius 3 is 2.78 bits per heavy atom. The lowest BCUT2D eigenvalue weighted by molar-refractivity contribution is -0.133. The second kappa shape index (κ2) is 4.49. The Kier molecular flexibility index (Phi) is 3.10. The highest BCUT2D eigenvalue weighted by molar-refractivity contribution is 5.84. The number of amides is 1. The molecule has 102 valence electrons. The highest BCUT2D eigenvalue weighted by Crippen LogP contribution is 2.39. The van der Waals surface area contributed by atoms with Crippen molar-refractivity contribution in [3.8, 4) is 0 Å². The van der Waals surface area contributed by atoms with Crippen molar-refractivity contribution >= 4 is 5.91 Å².